The third kappa shape index (κ3) is 13.2. The smallest absolute Gasteiger partial charge is 0.404 e. The van der Waals surface area contributed by atoms with E-state index in [9.17, 15) is 27.2 Å². The molecule has 2 heterocycles. The third-order valence-electron chi connectivity index (χ3n) is 7.66. The normalized spacial score (nSPS) is 14.0. The fourth-order valence-corrected chi connectivity index (χ4v) is 4.87. The molecule has 0 unspecified atom stereocenters. The summed E-state index contributed by atoms with van der Waals surface area (Å²) >= 11 is 6.27. The zero-order valence-corrected chi connectivity index (χ0v) is 31.8. The monoisotopic (exact) mass is 775 g/mol. The summed E-state index contributed by atoms with van der Waals surface area (Å²) in [4.78, 5) is 33.7. The number of rotatable bonds is 8. The van der Waals surface area contributed by atoms with Crippen molar-refractivity contribution in [1.29, 1.82) is 0 Å². The number of aliphatic imine (C=N–C) groups is 1. The highest BCUT2D eigenvalue weighted by molar-refractivity contribution is 6.32. The van der Waals surface area contributed by atoms with Gasteiger partial charge in [-0.05, 0) is 71.9 Å². The Labute approximate surface area is 317 Å². The van der Waals surface area contributed by atoms with Crippen LogP contribution in [0.5, 0.6) is 0 Å². The Hall–Kier alpha value is -5.43. The summed E-state index contributed by atoms with van der Waals surface area (Å²) in [5.74, 6) is -0.895. The van der Waals surface area contributed by atoms with Gasteiger partial charge in [-0.1, -0.05) is 57.5 Å². The molecule has 0 bridgehead atoms. The highest BCUT2D eigenvalue weighted by atomic mass is 35.5. The van der Waals surface area contributed by atoms with Crippen LogP contribution in [0.4, 0.5) is 22.4 Å². The highest BCUT2D eigenvalue weighted by Crippen LogP contribution is 2.65. The first-order valence-corrected chi connectivity index (χ1v) is 16.9. The number of terminal acetylenes is 1. The van der Waals surface area contributed by atoms with Crippen LogP contribution in [0, 0.1) is 29.8 Å². The van der Waals surface area contributed by atoms with E-state index in [0.717, 1.165) is 21.3 Å². The minimum absolute atomic E-state index is 0.0892. The Morgan fingerprint density at radius 3 is 2.02 bits per heavy atom. The van der Waals surface area contributed by atoms with Gasteiger partial charge in [0.15, 0.2) is 5.96 Å². The number of halogens is 5. The van der Waals surface area contributed by atoms with E-state index in [-0.39, 0.29) is 22.2 Å². The standard InChI is InChI=1S/C24H21ClF3N9O3.C5H8.C5H12.C2H2.CH3F/c1-31-23(29)36(20(38)14-4-2-13(3-5-14)16-9-33-35(10-16)21(26)27)19(11-40-24(30)39)15-6-7-17(25)18(8-15)37-22(28)32-12-34-37;1-2-5(1)3-4-5;1-5(2,3)4;2*1-2/h2-10,12,19,21H,11H2,1H3,(H2,29,31)(H2,30,39);1-4H2;1-4H3;1-2H;1H3/t19-;;;;/m1..../s1. The molecule has 0 aliphatic heterocycles. The summed E-state index contributed by atoms with van der Waals surface area (Å²) in [6.45, 7) is 5.50. The summed E-state index contributed by atoms with van der Waals surface area (Å²) < 4.78 is 55.8. The van der Waals surface area contributed by atoms with Gasteiger partial charge in [0, 0.05) is 24.4 Å². The van der Waals surface area contributed by atoms with E-state index in [1.54, 1.807) is 37.8 Å². The summed E-state index contributed by atoms with van der Waals surface area (Å²) in [5, 5.41) is 7.53. The molecule has 12 nitrogen and oxygen atoms in total. The van der Waals surface area contributed by atoms with Crippen molar-refractivity contribution in [1.82, 2.24) is 29.4 Å². The van der Waals surface area contributed by atoms with Crippen molar-refractivity contribution in [3.63, 3.8) is 0 Å². The number of carbonyl (C=O) groups is 2. The van der Waals surface area contributed by atoms with Crippen molar-refractivity contribution in [2.45, 2.75) is 66.0 Å². The number of alkyl halides is 3. The highest BCUT2D eigenvalue weighted by Gasteiger charge is 2.52. The van der Waals surface area contributed by atoms with Crippen LogP contribution >= 0.6 is 11.6 Å². The number of benzene rings is 2. The van der Waals surface area contributed by atoms with Gasteiger partial charge in [0.05, 0.1) is 30.1 Å². The number of carbonyl (C=O) groups excluding carboxylic acids is 2. The molecule has 2 aliphatic carbocycles. The molecular weight excluding hydrogens is 730 g/mol. The zero-order valence-electron chi connectivity index (χ0n) is 31.0. The fourth-order valence-electron chi connectivity index (χ4n) is 4.67. The maximum absolute atomic E-state index is 14.2. The quantitative estimate of drug-likeness (QED) is 0.0794. The number of guanidine groups is 1. The SMILES string of the molecule is C#C.C1CC12CC2.CC(C)(C)C.CF.CN=C(N)N(C(=O)c1ccc(-c2cnn(C(F)F)c2)cc1)[C@H](COC(N)=O)c1ccc(Cl)c(-n2ncnc2F)c1. The Kier molecular flexibility index (Phi) is 16.7. The molecule has 1 atom stereocenters. The van der Waals surface area contributed by atoms with Gasteiger partial charge in [-0.25, -0.2) is 9.48 Å². The largest absolute Gasteiger partial charge is 0.447 e. The molecular formula is C37H46ClF4N9O3. The second kappa shape index (κ2) is 20.1. The van der Waals surface area contributed by atoms with Gasteiger partial charge in [-0.3, -0.25) is 19.1 Å². The molecule has 4 N–H and O–H groups in total. The van der Waals surface area contributed by atoms with E-state index < -0.39 is 37.3 Å². The number of hydrogen-bond acceptors (Lipinski definition) is 7. The first-order chi connectivity index (χ1) is 25.5. The fraction of sp³-hybridized carbons (Fsp3) is 0.405. The first kappa shape index (κ1) is 44.7. The van der Waals surface area contributed by atoms with Crippen LogP contribution in [0.25, 0.3) is 16.8 Å². The number of hydrogen-bond donors (Lipinski definition) is 2. The molecule has 0 radical (unpaired) electrons. The Balaban J connectivity index is 0.000000608. The van der Waals surface area contributed by atoms with Crippen LogP contribution in [0.1, 0.15) is 81.9 Å². The average Bonchev–Trinajstić information content (AvgIpc) is 3.98. The lowest BCUT2D eigenvalue weighted by atomic mass is 10.0. The van der Waals surface area contributed by atoms with E-state index in [2.05, 4.69) is 60.7 Å². The zero-order chi connectivity index (χ0) is 40.8. The lowest BCUT2D eigenvalue weighted by Crippen LogP contribution is -2.46. The van der Waals surface area contributed by atoms with Gasteiger partial charge in [-0.15, -0.1) is 12.8 Å². The number of ether oxygens (including phenoxy) is 1. The minimum Gasteiger partial charge on any atom is -0.447 e. The molecule has 1 spiro atoms. The molecule has 6 rings (SSSR count). The molecule has 54 heavy (non-hydrogen) atoms. The molecule has 2 saturated carbocycles. The van der Waals surface area contributed by atoms with Crippen molar-refractivity contribution in [2.75, 3.05) is 20.8 Å². The van der Waals surface area contributed by atoms with E-state index >= 15 is 0 Å². The van der Waals surface area contributed by atoms with Gasteiger partial charge < -0.3 is 16.2 Å². The lowest BCUT2D eigenvalue weighted by molar-refractivity contribution is 0.0566. The van der Waals surface area contributed by atoms with Gasteiger partial charge in [0.1, 0.15) is 12.9 Å². The van der Waals surface area contributed by atoms with Gasteiger partial charge in [-0.2, -0.15) is 33.0 Å². The predicted octanol–water partition coefficient (Wildman–Crippen LogP) is 7.99. The number of amides is 2. The third-order valence-corrected chi connectivity index (χ3v) is 7.98. The Morgan fingerprint density at radius 2 is 1.59 bits per heavy atom. The van der Waals surface area contributed by atoms with Gasteiger partial charge in [0.2, 0.25) is 0 Å². The van der Waals surface area contributed by atoms with Gasteiger partial charge in [0.25, 0.3) is 5.91 Å². The van der Waals surface area contributed by atoms with Crippen molar-refractivity contribution >= 4 is 29.6 Å². The topological polar surface area (TPSA) is 160 Å². The van der Waals surface area contributed by atoms with E-state index in [0.29, 0.717) is 34.0 Å². The summed E-state index contributed by atoms with van der Waals surface area (Å²) in [7, 11) is 1.85. The molecule has 17 heteroatoms. The number of primary amides is 1. The van der Waals surface area contributed by atoms with Crippen molar-refractivity contribution < 1.29 is 31.9 Å². The molecule has 4 aromatic rings. The lowest BCUT2D eigenvalue weighted by Gasteiger charge is -2.31. The van der Waals surface area contributed by atoms with Crippen LogP contribution in [-0.2, 0) is 4.74 Å². The van der Waals surface area contributed by atoms with Crippen molar-refractivity contribution in [3.8, 4) is 29.7 Å². The predicted molar refractivity (Wildman–Crippen MR) is 200 cm³/mol. The van der Waals surface area contributed by atoms with E-state index in [1.165, 1.54) is 49.8 Å². The molecule has 292 valence electrons. The molecule has 2 fully saturated rings. The van der Waals surface area contributed by atoms with Gasteiger partial charge >= 0.3 is 18.7 Å². The van der Waals surface area contributed by atoms with Crippen molar-refractivity contribution in [3.05, 3.63) is 83.4 Å². The van der Waals surface area contributed by atoms with E-state index in [4.69, 9.17) is 27.8 Å². The molecule has 2 amide bonds. The summed E-state index contributed by atoms with van der Waals surface area (Å²) in [6, 6.07) is 9.26. The maximum atomic E-state index is 14.2. The molecule has 2 aliphatic rings. The Morgan fingerprint density at radius 1 is 1.02 bits per heavy atom. The van der Waals surface area contributed by atoms with Crippen LogP contribution < -0.4 is 11.5 Å². The molecule has 2 aromatic heterocycles. The molecule has 0 saturated heterocycles. The second-order valence-electron chi connectivity index (χ2n) is 13.6. The van der Waals surface area contributed by atoms with Crippen LogP contribution in [0.3, 0.4) is 0 Å². The van der Waals surface area contributed by atoms with Crippen LogP contribution in [0.2, 0.25) is 5.02 Å². The number of nitrogens with zero attached hydrogens (tertiary/aromatic N) is 7. The Bertz CT molecular complexity index is 1840. The average molecular weight is 776 g/mol. The first-order valence-electron chi connectivity index (χ1n) is 16.5. The minimum atomic E-state index is -2.80. The van der Waals surface area contributed by atoms with Crippen LogP contribution in [-0.4, -0.2) is 68.2 Å². The van der Waals surface area contributed by atoms with Crippen molar-refractivity contribution in [2.24, 2.45) is 27.3 Å². The summed E-state index contributed by atoms with van der Waals surface area (Å²) in [5.41, 5.74) is 14.3. The summed E-state index contributed by atoms with van der Waals surface area (Å²) in [6.07, 6.45) is 15.6. The molecule has 2 aromatic carbocycles. The van der Waals surface area contributed by atoms with Crippen LogP contribution in [0.15, 0.2) is 66.2 Å². The maximum Gasteiger partial charge on any atom is 0.404 e. The number of nitrogens with two attached hydrogens (primary N) is 2. The second-order valence-corrected chi connectivity index (χ2v) is 14.0. The number of aromatic nitrogens is 5. The van der Waals surface area contributed by atoms with E-state index in [1.807, 2.05) is 0 Å².